The fraction of sp³-hybridized carbons (Fsp3) is 0.300. The van der Waals surface area contributed by atoms with E-state index in [2.05, 4.69) is 0 Å². The van der Waals surface area contributed by atoms with E-state index in [4.69, 9.17) is 10.8 Å². The molecule has 0 saturated heterocycles. The molecule has 3 N–H and O–H groups in total. The van der Waals surface area contributed by atoms with Crippen molar-refractivity contribution in [3.8, 4) is 0 Å². The van der Waals surface area contributed by atoms with Crippen molar-refractivity contribution in [2.45, 2.75) is 18.9 Å². The maximum Gasteiger partial charge on any atom is 0.323 e. The van der Waals surface area contributed by atoms with Gasteiger partial charge in [-0.05, 0) is 24.6 Å². The van der Waals surface area contributed by atoms with Gasteiger partial charge in [-0.25, -0.2) is 4.39 Å². The second kappa shape index (κ2) is 3.75. The van der Waals surface area contributed by atoms with Gasteiger partial charge in [0.25, 0.3) is 0 Å². The van der Waals surface area contributed by atoms with Crippen LogP contribution in [0.25, 0.3) is 0 Å². The van der Waals surface area contributed by atoms with E-state index in [0.29, 0.717) is 5.56 Å². The first-order chi connectivity index (χ1) is 6.42. The first-order valence-electron chi connectivity index (χ1n) is 4.18. The monoisotopic (exact) mass is 196 g/mol. The molecule has 0 heterocycles. The molecule has 0 aliphatic heterocycles. The van der Waals surface area contributed by atoms with Crippen molar-refractivity contribution in [3.63, 3.8) is 0 Å². The summed E-state index contributed by atoms with van der Waals surface area (Å²) in [7, 11) is 0. The molecule has 0 amide bonds. The standard InChI is InChI=1S/C10H12FNO2/c1-10(12,9(13)14)6-7-2-4-8(11)5-3-7/h2-5H,6,12H2,1H3,(H,13,14)/t10-/m1/s1/i11-1. The molecule has 4 heteroatoms. The van der Waals surface area contributed by atoms with Crippen LogP contribution in [-0.4, -0.2) is 16.6 Å². The second-order valence-corrected chi connectivity index (χ2v) is 3.53. The number of halogens is 1. The predicted molar refractivity (Wildman–Crippen MR) is 50.3 cm³/mol. The molecule has 0 saturated carbocycles. The van der Waals surface area contributed by atoms with Crippen LogP contribution in [0.15, 0.2) is 24.3 Å². The number of carbonyl (C=O) groups is 1. The molecule has 1 rings (SSSR count). The highest BCUT2D eigenvalue weighted by atomic mass is 18.2. The minimum absolute atomic E-state index is 0.183. The van der Waals surface area contributed by atoms with Gasteiger partial charge in [-0.15, -0.1) is 0 Å². The van der Waals surface area contributed by atoms with Gasteiger partial charge >= 0.3 is 5.97 Å². The summed E-state index contributed by atoms with van der Waals surface area (Å²) in [5.74, 6) is -1.41. The molecule has 76 valence electrons. The quantitative estimate of drug-likeness (QED) is 0.762. The molecular formula is C10H12FNO2. The summed E-state index contributed by atoms with van der Waals surface area (Å²) >= 11 is 0. The maximum absolute atomic E-state index is 12.5. The molecule has 3 nitrogen and oxygen atoms in total. The Morgan fingerprint density at radius 1 is 1.50 bits per heavy atom. The van der Waals surface area contributed by atoms with Crippen LogP contribution in [0.2, 0.25) is 0 Å². The third-order valence-corrected chi connectivity index (χ3v) is 1.97. The Morgan fingerprint density at radius 2 is 2.00 bits per heavy atom. The van der Waals surface area contributed by atoms with E-state index < -0.39 is 11.5 Å². The average Bonchev–Trinajstić information content (AvgIpc) is 2.08. The lowest BCUT2D eigenvalue weighted by atomic mass is 9.94. The summed E-state index contributed by atoms with van der Waals surface area (Å²) in [5.41, 5.74) is 4.94. The predicted octanol–water partition coefficient (Wildman–Crippen LogP) is 1.17. The number of benzene rings is 1. The Labute approximate surface area is 81.4 Å². The molecule has 1 aromatic carbocycles. The van der Waals surface area contributed by atoms with Crippen LogP contribution in [0.3, 0.4) is 0 Å². The molecule has 0 spiro atoms. The Kier molecular flexibility index (Phi) is 2.86. The Balaban J connectivity index is 2.79. The molecule has 0 unspecified atom stereocenters. The molecule has 14 heavy (non-hydrogen) atoms. The van der Waals surface area contributed by atoms with E-state index in [0.717, 1.165) is 0 Å². The van der Waals surface area contributed by atoms with E-state index in [9.17, 15) is 9.18 Å². The Hall–Kier alpha value is -1.42. The number of aliphatic carboxylic acids is 1. The summed E-state index contributed by atoms with van der Waals surface area (Å²) in [6.07, 6.45) is 0.183. The molecule has 0 aromatic heterocycles. The first kappa shape index (κ1) is 10.7. The van der Waals surface area contributed by atoms with Crippen molar-refractivity contribution >= 4 is 5.97 Å². The van der Waals surface area contributed by atoms with Crippen molar-refractivity contribution in [2.24, 2.45) is 5.73 Å². The highest BCUT2D eigenvalue weighted by Gasteiger charge is 2.27. The highest BCUT2D eigenvalue weighted by molar-refractivity contribution is 5.78. The van der Waals surface area contributed by atoms with Crippen molar-refractivity contribution < 1.29 is 14.3 Å². The highest BCUT2D eigenvalue weighted by Crippen LogP contribution is 2.11. The van der Waals surface area contributed by atoms with Gasteiger partial charge in [-0.2, -0.15) is 0 Å². The molecule has 1 atom stereocenters. The van der Waals surface area contributed by atoms with Crippen molar-refractivity contribution in [1.29, 1.82) is 0 Å². The minimum Gasteiger partial charge on any atom is -0.480 e. The number of hydrogen-bond acceptors (Lipinski definition) is 2. The van der Waals surface area contributed by atoms with Crippen LogP contribution in [0.1, 0.15) is 12.5 Å². The summed E-state index contributed by atoms with van der Waals surface area (Å²) < 4.78 is 12.5. The maximum atomic E-state index is 12.5. The van der Waals surface area contributed by atoms with E-state index >= 15 is 0 Å². The average molecular weight is 196 g/mol. The minimum atomic E-state index is -1.31. The zero-order valence-corrected chi connectivity index (χ0v) is 7.83. The lowest BCUT2D eigenvalue weighted by Gasteiger charge is -2.18. The number of hydrogen-bond donors (Lipinski definition) is 2. The molecule has 0 fully saturated rings. The number of nitrogens with two attached hydrogens (primary N) is 1. The largest absolute Gasteiger partial charge is 0.480 e. The fourth-order valence-electron chi connectivity index (χ4n) is 1.10. The lowest BCUT2D eigenvalue weighted by molar-refractivity contribution is -0.142. The van der Waals surface area contributed by atoms with Gasteiger partial charge in [-0.1, -0.05) is 12.1 Å². The van der Waals surface area contributed by atoms with Gasteiger partial charge in [0.2, 0.25) is 0 Å². The van der Waals surface area contributed by atoms with E-state index in [1.54, 1.807) is 0 Å². The smallest absolute Gasteiger partial charge is 0.323 e. The lowest BCUT2D eigenvalue weighted by Crippen LogP contribution is -2.46. The first-order valence-corrected chi connectivity index (χ1v) is 4.18. The van der Waals surface area contributed by atoms with Crippen LogP contribution < -0.4 is 5.73 Å². The van der Waals surface area contributed by atoms with Gasteiger partial charge in [0.15, 0.2) is 0 Å². The molecular weight excluding hydrogens is 184 g/mol. The van der Waals surface area contributed by atoms with Crippen LogP contribution >= 0.6 is 0 Å². The van der Waals surface area contributed by atoms with E-state index in [-0.39, 0.29) is 12.2 Å². The third-order valence-electron chi connectivity index (χ3n) is 1.97. The van der Waals surface area contributed by atoms with E-state index in [1.807, 2.05) is 0 Å². The van der Waals surface area contributed by atoms with Gasteiger partial charge in [0.05, 0.1) is 0 Å². The summed E-state index contributed by atoms with van der Waals surface area (Å²) in [6.45, 7) is 1.43. The molecule has 0 aliphatic carbocycles. The second-order valence-electron chi connectivity index (χ2n) is 3.53. The van der Waals surface area contributed by atoms with Gasteiger partial charge in [0.1, 0.15) is 11.4 Å². The number of carboxylic acids is 1. The molecule has 0 radical (unpaired) electrons. The van der Waals surface area contributed by atoms with Crippen molar-refractivity contribution in [1.82, 2.24) is 0 Å². The summed E-state index contributed by atoms with van der Waals surface area (Å²) in [6, 6.07) is 5.63. The summed E-state index contributed by atoms with van der Waals surface area (Å²) in [4.78, 5) is 10.7. The Bertz CT molecular complexity index is 332. The molecule has 1 aromatic rings. The fourth-order valence-corrected chi connectivity index (χ4v) is 1.10. The summed E-state index contributed by atoms with van der Waals surface area (Å²) in [5, 5.41) is 8.76. The number of carboxylic acid groups (broad SMARTS) is 1. The number of rotatable bonds is 3. The normalized spacial score (nSPS) is 14.8. The van der Waals surface area contributed by atoms with Crippen LogP contribution in [0, 0.1) is 5.82 Å². The van der Waals surface area contributed by atoms with Gasteiger partial charge in [0, 0.05) is 6.42 Å². The van der Waals surface area contributed by atoms with Gasteiger partial charge in [-0.3, -0.25) is 4.79 Å². The zero-order chi connectivity index (χ0) is 10.8. The van der Waals surface area contributed by atoms with Crippen LogP contribution in [0.4, 0.5) is 4.39 Å². The zero-order valence-electron chi connectivity index (χ0n) is 7.83. The van der Waals surface area contributed by atoms with Gasteiger partial charge < -0.3 is 10.8 Å². The van der Waals surface area contributed by atoms with Crippen LogP contribution in [0.5, 0.6) is 0 Å². The SMILES string of the molecule is C[C@@](N)(Cc1ccc([18F])cc1)C(=O)O. The molecule has 0 aliphatic rings. The van der Waals surface area contributed by atoms with Crippen LogP contribution in [-0.2, 0) is 11.2 Å². The molecule has 0 bridgehead atoms. The van der Waals surface area contributed by atoms with Crippen molar-refractivity contribution in [2.75, 3.05) is 0 Å². The van der Waals surface area contributed by atoms with E-state index in [1.165, 1.54) is 31.2 Å². The topological polar surface area (TPSA) is 63.3 Å². The Morgan fingerprint density at radius 3 is 2.43 bits per heavy atom. The third kappa shape index (κ3) is 2.53. The van der Waals surface area contributed by atoms with Crippen molar-refractivity contribution in [3.05, 3.63) is 35.6 Å².